The molecule has 0 aliphatic rings. The van der Waals surface area contributed by atoms with Crippen molar-refractivity contribution >= 4 is 41.5 Å². The largest absolute Gasteiger partial charge is 0.495 e. The number of carbonyl (C=O) groups is 1. The van der Waals surface area contributed by atoms with Crippen LogP contribution in [0.2, 0.25) is 0 Å². The minimum absolute atomic E-state index is 0. The van der Waals surface area contributed by atoms with Crippen LogP contribution < -0.4 is 20.7 Å². The fraction of sp³-hybridized carbons (Fsp3) is 0.333. The van der Waals surface area contributed by atoms with Gasteiger partial charge >= 0.3 is 0 Å². The van der Waals surface area contributed by atoms with E-state index in [0.29, 0.717) is 23.9 Å². The van der Waals surface area contributed by atoms with Crippen molar-refractivity contribution < 1.29 is 9.53 Å². The quantitative estimate of drug-likeness (QED) is 0.310. The number of anilines is 1. The number of benzene rings is 2. The molecule has 3 N–H and O–H groups in total. The Balaban J connectivity index is 0.00000392. The van der Waals surface area contributed by atoms with Crippen LogP contribution >= 0.6 is 24.0 Å². The number of guanidine groups is 1. The Hall–Kier alpha value is -2.29. The second kappa shape index (κ2) is 12.2. The van der Waals surface area contributed by atoms with E-state index in [1.165, 1.54) is 12.5 Å². The molecule has 1 amide bonds. The molecule has 0 bridgehead atoms. The van der Waals surface area contributed by atoms with Crippen molar-refractivity contribution in [1.29, 1.82) is 0 Å². The van der Waals surface area contributed by atoms with Gasteiger partial charge in [0.25, 0.3) is 0 Å². The lowest BCUT2D eigenvalue weighted by molar-refractivity contribution is -0.114. The SMILES string of the molecule is CN=C(NCc1ccc(OC)c(NC(C)=O)c1)NCC(C)c1ccccc1.I. The maximum Gasteiger partial charge on any atom is 0.221 e. The van der Waals surface area contributed by atoms with Crippen molar-refractivity contribution in [2.45, 2.75) is 26.3 Å². The molecule has 2 aromatic carbocycles. The molecule has 6 nitrogen and oxygen atoms in total. The van der Waals surface area contributed by atoms with E-state index in [0.717, 1.165) is 18.1 Å². The Kier molecular flexibility index (Phi) is 10.4. The number of nitrogens with one attached hydrogen (secondary N) is 3. The average Bonchev–Trinajstić information content (AvgIpc) is 2.68. The van der Waals surface area contributed by atoms with E-state index in [-0.39, 0.29) is 29.9 Å². The Labute approximate surface area is 184 Å². The maximum atomic E-state index is 11.4. The van der Waals surface area contributed by atoms with Gasteiger partial charge in [-0.15, -0.1) is 24.0 Å². The van der Waals surface area contributed by atoms with E-state index in [2.05, 4.69) is 52.1 Å². The number of ether oxygens (including phenoxy) is 1. The van der Waals surface area contributed by atoms with E-state index < -0.39 is 0 Å². The highest BCUT2D eigenvalue weighted by Gasteiger charge is 2.08. The Bertz CT molecular complexity index is 781. The van der Waals surface area contributed by atoms with E-state index >= 15 is 0 Å². The summed E-state index contributed by atoms with van der Waals surface area (Å²) in [4.78, 5) is 15.6. The van der Waals surface area contributed by atoms with E-state index in [1.54, 1.807) is 14.2 Å². The summed E-state index contributed by atoms with van der Waals surface area (Å²) in [6, 6.07) is 16.1. The second-order valence-electron chi connectivity index (χ2n) is 6.33. The molecule has 0 aliphatic heterocycles. The lowest BCUT2D eigenvalue weighted by atomic mass is 10.0. The highest BCUT2D eigenvalue weighted by atomic mass is 127. The summed E-state index contributed by atoms with van der Waals surface area (Å²) in [7, 11) is 3.33. The van der Waals surface area contributed by atoms with Crippen molar-refractivity contribution in [1.82, 2.24) is 10.6 Å². The number of rotatable bonds is 7. The first-order valence-electron chi connectivity index (χ1n) is 8.97. The first-order chi connectivity index (χ1) is 13.0. The maximum absolute atomic E-state index is 11.4. The summed E-state index contributed by atoms with van der Waals surface area (Å²) >= 11 is 0. The molecule has 0 saturated heterocycles. The lowest BCUT2D eigenvalue weighted by Gasteiger charge is -2.17. The average molecular weight is 496 g/mol. The Morgan fingerprint density at radius 2 is 1.86 bits per heavy atom. The van der Waals surface area contributed by atoms with Crippen molar-refractivity contribution in [2.75, 3.05) is 26.0 Å². The predicted molar refractivity (Wildman–Crippen MR) is 126 cm³/mol. The molecule has 1 atom stereocenters. The van der Waals surface area contributed by atoms with Crippen LogP contribution in [0.25, 0.3) is 0 Å². The summed E-state index contributed by atoms with van der Waals surface area (Å²) in [5, 5.41) is 9.43. The molecule has 0 radical (unpaired) electrons. The zero-order chi connectivity index (χ0) is 19.6. The number of carbonyl (C=O) groups excluding carboxylic acids is 1. The third kappa shape index (κ3) is 7.38. The molecule has 0 heterocycles. The molecule has 1 unspecified atom stereocenters. The zero-order valence-electron chi connectivity index (χ0n) is 16.8. The lowest BCUT2D eigenvalue weighted by Crippen LogP contribution is -2.38. The number of aliphatic imine (C=N–C) groups is 1. The van der Waals surface area contributed by atoms with Crippen LogP contribution in [0, 0.1) is 0 Å². The molecule has 0 fully saturated rings. The second-order valence-corrected chi connectivity index (χ2v) is 6.33. The smallest absolute Gasteiger partial charge is 0.221 e. The van der Waals surface area contributed by atoms with Gasteiger partial charge in [-0.25, -0.2) is 0 Å². The third-order valence-corrected chi connectivity index (χ3v) is 4.20. The first kappa shape index (κ1) is 23.7. The van der Waals surface area contributed by atoms with Gasteiger partial charge in [0.05, 0.1) is 12.8 Å². The van der Waals surface area contributed by atoms with Gasteiger partial charge in [-0.3, -0.25) is 9.79 Å². The van der Waals surface area contributed by atoms with E-state index in [4.69, 9.17) is 4.74 Å². The molecule has 0 spiro atoms. The molecule has 0 aromatic heterocycles. The number of halogens is 1. The Morgan fingerprint density at radius 3 is 2.46 bits per heavy atom. The van der Waals surface area contributed by atoms with Gasteiger partial charge in [0.15, 0.2) is 5.96 Å². The number of nitrogens with zero attached hydrogens (tertiary/aromatic N) is 1. The fourth-order valence-corrected chi connectivity index (χ4v) is 2.71. The number of methoxy groups -OCH3 is 1. The molecule has 0 aliphatic carbocycles. The summed E-state index contributed by atoms with van der Waals surface area (Å²) in [6.45, 7) is 5.02. The Morgan fingerprint density at radius 1 is 1.14 bits per heavy atom. The third-order valence-electron chi connectivity index (χ3n) is 4.20. The van der Waals surface area contributed by atoms with Gasteiger partial charge in [-0.05, 0) is 29.2 Å². The van der Waals surface area contributed by atoms with Gasteiger partial charge in [0.1, 0.15) is 5.75 Å². The van der Waals surface area contributed by atoms with Crippen LogP contribution in [0.15, 0.2) is 53.5 Å². The van der Waals surface area contributed by atoms with Gasteiger partial charge in [-0.2, -0.15) is 0 Å². The number of hydrogen-bond acceptors (Lipinski definition) is 3. The number of amides is 1. The molecule has 2 aromatic rings. The van der Waals surface area contributed by atoms with Crippen LogP contribution in [0.5, 0.6) is 5.75 Å². The zero-order valence-corrected chi connectivity index (χ0v) is 19.1. The van der Waals surface area contributed by atoms with Crippen LogP contribution in [-0.4, -0.2) is 32.6 Å². The topological polar surface area (TPSA) is 74.8 Å². The van der Waals surface area contributed by atoms with E-state index in [1.807, 2.05) is 24.3 Å². The first-order valence-corrected chi connectivity index (χ1v) is 8.97. The highest BCUT2D eigenvalue weighted by Crippen LogP contribution is 2.25. The summed E-state index contributed by atoms with van der Waals surface area (Å²) < 4.78 is 5.28. The van der Waals surface area contributed by atoms with Crippen molar-refractivity contribution in [2.24, 2.45) is 4.99 Å². The van der Waals surface area contributed by atoms with Gasteiger partial charge in [0, 0.05) is 27.1 Å². The van der Waals surface area contributed by atoms with E-state index in [9.17, 15) is 4.79 Å². The standard InChI is InChI=1S/C21H28N4O2.HI/c1-15(18-8-6-5-7-9-18)13-23-21(22-3)24-14-17-10-11-20(27-4)19(12-17)25-16(2)26;/h5-12,15H,13-14H2,1-4H3,(H,25,26)(H2,22,23,24);1H. The normalized spacial score (nSPS) is 11.8. The van der Waals surface area contributed by atoms with Crippen molar-refractivity contribution in [3.05, 3.63) is 59.7 Å². The molecular formula is C21H29IN4O2. The van der Waals surface area contributed by atoms with Gasteiger partial charge in [-0.1, -0.05) is 43.3 Å². The molecule has 2 rings (SSSR count). The minimum atomic E-state index is -0.134. The summed E-state index contributed by atoms with van der Waals surface area (Å²) in [6.07, 6.45) is 0. The minimum Gasteiger partial charge on any atom is -0.495 e. The molecule has 28 heavy (non-hydrogen) atoms. The summed E-state index contributed by atoms with van der Waals surface area (Å²) in [5.41, 5.74) is 2.96. The summed E-state index contributed by atoms with van der Waals surface area (Å²) in [5.74, 6) is 1.60. The molecule has 0 saturated carbocycles. The van der Waals surface area contributed by atoms with Crippen molar-refractivity contribution in [3.63, 3.8) is 0 Å². The van der Waals surface area contributed by atoms with Crippen LogP contribution in [0.4, 0.5) is 5.69 Å². The van der Waals surface area contributed by atoms with Crippen LogP contribution in [0.3, 0.4) is 0 Å². The predicted octanol–water partition coefficient (Wildman–Crippen LogP) is 3.74. The van der Waals surface area contributed by atoms with Gasteiger partial charge < -0.3 is 20.7 Å². The highest BCUT2D eigenvalue weighted by molar-refractivity contribution is 14.0. The molecule has 152 valence electrons. The monoisotopic (exact) mass is 496 g/mol. The fourth-order valence-electron chi connectivity index (χ4n) is 2.71. The van der Waals surface area contributed by atoms with Crippen LogP contribution in [0.1, 0.15) is 30.9 Å². The molecule has 7 heteroatoms. The molecular weight excluding hydrogens is 467 g/mol. The van der Waals surface area contributed by atoms with Gasteiger partial charge in [0.2, 0.25) is 5.91 Å². The van der Waals surface area contributed by atoms with Crippen LogP contribution in [-0.2, 0) is 11.3 Å². The number of hydrogen-bond donors (Lipinski definition) is 3. The van der Waals surface area contributed by atoms with Crippen molar-refractivity contribution in [3.8, 4) is 5.75 Å².